The molecule has 0 unspecified atom stereocenters. The highest BCUT2D eigenvalue weighted by Gasteiger charge is 2.45. The summed E-state index contributed by atoms with van der Waals surface area (Å²) < 4.78 is 13.5. The molecule has 0 aliphatic carbocycles. The third-order valence-electron chi connectivity index (χ3n) is 6.14. The highest BCUT2D eigenvalue weighted by atomic mass is 16.6. The van der Waals surface area contributed by atoms with Gasteiger partial charge in [0.15, 0.2) is 17.7 Å². The van der Waals surface area contributed by atoms with Gasteiger partial charge in [-0.15, -0.1) is 0 Å². The number of rotatable bonds is 15. The molecule has 13 heteroatoms. The molecule has 0 aromatic carbocycles. The maximum Gasteiger partial charge on any atom is 0.236 e. The van der Waals surface area contributed by atoms with E-state index in [1.54, 1.807) is 4.57 Å². The van der Waals surface area contributed by atoms with Crippen molar-refractivity contribution in [1.82, 2.24) is 24.8 Å². The first-order valence-electron chi connectivity index (χ1n) is 12.2. The van der Waals surface area contributed by atoms with Crippen LogP contribution < -0.4 is 22.5 Å². The number of nitrogen functional groups attached to an aromatic ring is 1. The molecular weight excluding hydrogens is 456 g/mol. The molecule has 3 heterocycles. The zero-order valence-corrected chi connectivity index (χ0v) is 20.0. The van der Waals surface area contributed by atoms with Crippen molar-refractivity contribution >= 4 is 22.9 Å². The van der Waals surface area contributed by atoms with Gasteiger partial charge in [-0.05, 0) is 32.2 Å². The topological polar surface area (TPSA) is 210 Å². The molecule has 2 aromatic rings. The maximum absolute atomic E-state index is 12.0. The lowest BCUT2D eigenvalue weighted by molar-refractivity contribution is -0.122. The van der Waals surface area contributed by atoms with Gasteiger partial charge in [0.05, 0.1) is 19.0 Å². The summed E-state index contributed by atoms with van der Waals surface area (Å²) in [7, 11) is 0. The number of hydrogen-bond donors (Lipinski definition) is 6. The van der Waals surface area contributed by atoms with Crippen LogP contribution in [0.3, 0.4) is 0 Å². The van der Waals surface area contributed by atoms with E-state index in [0.717, 1.165) is 38.5 Å². The van der Waals surface area contributed by atoms with Crippen LogP contribution in [-0.4, -0.2) is 86.3 Å². The van der Waals surface area contributed by atoms with Crippen molar-refractivity contribution in [2.75, 3.05) is 32.0 Å². The highest BCUT2D eigenvalue weighted by molar-refractivity contribution is 5.81. The number of nitrogens with two attached hydrogens (primary N) is 3. The average Bonchev–Trinajstić information content (AvgIpc) is 3.42. The van der Waals surface area contributed by atoms with E-state index in [1.807, 2.05) is 0 Å². The predicted molar refractivity (Wildman–Crippen MR) is 129 cm³/mol. The number of carbonyl (C=O) groups excluding carboxylic acids is 1. The molecule has 13 nitrogen and oxygen atoms in total. The van der Waals surface area contributed by atoms with Gasteiger partial charge in [-0.3, -0.25) is 9.36 Å². The number of anilines is 1. The second kappa shape index (κ2) is 13.6. The third-order valence-corrected chi connectivity index (χ3v) is 6.14. The number of fused-ring (bicyclic) bond motifs is 1. The molecule has 3 rings (SSSR count). The lowest BCUT2D eigenvalue weighted by atomic mass is 10.1. The zero-order valence-electron chi connectivity index (χ0n) is 20.0. The first-order chi connectivity index (χ1) is 17.0. The molecule has 1 amide bonds. The van der Waals surface area contributed by atoms with E-state index in [2.05, 4.69) is 20.3 Å². The fourth-order valence-electron chi connectivity index (χ4n) is 4.11. The number of nitrogens with zero attached hydrogens (tertiary/aromatic N) is 4. The molecule has 1 fully saturated rings. The SMILES string of the molecule is NCCCC[C@H](N)C(=O)NCCCCCCO[C@@H]1[C@H](O)[C@@H](CO)O[C@H]1n1cnc2c(N)ncnc21. The first-order valence-corrected chi connectivity index (χ1v) is 12.2. The minimum Gasteiger partial charge on any atom is -0.394 e. The number of amides is 1. The molecule has 2 aromatic heterocycles. The van der Waals surface area contributed by atoms with Crippen LogP contribution in [0.5, 0.6) is 0 Å². The van der Waals surface area contributed by atoms with Crippen LogP contribution in [-0.2, 0) is 14.3 Å². The number of aromatic nitrogens is 4. The van der Waals surface area contributed by atoms with Gasteiger partial charge < -0.3 is 42.2 Å². The summed E-state index contributed by atoms with van der Waals surface area (Å²) in [5, 5.41) is 23.1. The van der Waals surface area contributed by atoms with Crippen LogP contribution in [0.1, 0.15) is 51.2 Å². The van der Waals surface area contributed by atoms with Crippen molar-refractivity contribution in [1.29, 1.82) is 0 Å². The number of aliphatic hydroxyl groups excluding tert-OH is 2. The van der Waals surface area contributed by atoms with Crippen LogP contribution in [0.4, 0.5) is 5.82 Å². The summed E-state index contributed by atoms with van der Waals surface area (Å²) in [6, 6.07) is -0.485. The number of nitrogens with one attached hydrogen (secondary N) is 1. The van der Waals surface area contributed by atoms with Crippen molar-refractivity contribution in [2.45, 2.75) is 75.5 Å². The van der Waals surface area contributed by atoms with Gasteiger partial charge in [-0.2, -0.15) is 0 Å². The second-order valence-electron chi connectivity index (χ2n) is 8.75. The normalized spacial score (nSPS) is 23.1. The smallest absolute Gasteiger partial charge is 0.236 e. The molecule has 5 atom stereocenters. The molecule has 0 spiro atoms. The number of hydrogen-bond acceptors (Lipinski definition) is 11. The zero-order chi connectivity index (χ0) is 25.2. The van der Waals surface area contributed by atoms with Gasteiger partial charge in [-0.1, -0.05) is 19.3 Å². The largest absolute Gasteiger partial charge is 0.394 e. The van der Waals surface area contributed by atoms with E-state index in [1.165, 1.54) is 12.7 Å². The fourth-order valence-corrected chi connectivity index (χ4v) is 4.11. The minimum atomic E-state index is -1.01. The number of unbranched alkanes of at least 4 members (excludes halogenated alkanes) is 4. The Morgan fingerprint density at radius 2 is 2.00 bits per heavy atom. The van der Waals surface area contributed by atoms with Crippen molar-refractivity contribution in [3.05, 3.63) is 12.7 Å². The van der Waals surface area contributed by atoms with Crippen LogP contribution in [0.15, 0.2) is 12.7 Å². The molecule has 1 saturated heterocycles. The van der Waals surface area contributed by atoms with Gasteiger partial charge in [-0.25, -0.2) is 15.0 Å². The molecular formula is C22H38N8O5. The summed E-state index contributed by atoms with van der Waals surface area (Å²) >= 11 is 0. The first kappa shape index (κ1) is 27.2. The van der Waals surface area contributed by atoms with Crippen molar-refractivity contribution in [2.24, 2.45) is 11.5 Å². The third kappa shape index (κ3) is 7.06. The predicted octanol–water partition coefficient (Wildman–Crippen LogP) is -0.823. The van der Waals surface area contributed by atoms with E-state index in [0.29, 0.717) is 37.3 Å². The molecule has 0 saturated carbocycles. The molecule has 0 radical (unpaired) electrons. The van der Waals surface area contributed by atoms with E-state index in [4.69, 9.17) is 26.7 Å². The van der Waals surface area contributed by atoms with Crippen LogP contribution in [0, 0.1) is 0 Å². The molecule has 1 aliphatic rings. The van der Waals surface area contributed by atoms with Gasteiger partial charge in [0.1, 0.15) is 30.2 Å². The monoisotopic (exact) mass is 494 g/mol. The van der Waals surface area contributed by atoms with Crippen LogP contribution in [0.25, 0.3) is 11.2 Å². The Hall–Kier alpha value is -2.42. The fraction of sp³-hybridized carbons (Fsp3) is 0.727. The van der Waals surface area contributed by atoms with E-state index in [9.17, 15) is 15.0 Å². The van der Waals surface area contributed by atoms with Crippen molar-refractivity contribution in [3.63, 3.8) is 0 Å². The molecule has 0 bridgehead atoms. The highest BCUT2D eigenvalue weighted by Crippen LogP contribution is 2.34. The van der Waals surface area contributed by atoms with Gasteiger partial charge >= 0.3 is 0 Å². The maximum atomic E-state index is 12.0. The summed E-state index contributed by atoms with van der Waals surface area (Å²) in [6.45, 7) is 1.25. The van der Waals surface area contributed by atoms with Gasteiger partial charge in [0.2, 0.25) is 5.91 Å². The lowest BCUT2D eigenvalue weighted by Gasteiger charge is -2.22. The number of imidazole rings is 1. The number of aliphatic hydroxyl groups is 2. The average molecular weight is 495 g/mol. The summed E-state index contributed by atoms with van der Waals surface area (Å²) in [6.07, 6.45) is 5.42. The Bertz CT molecular complexity index is 928. The van der Waals surface area contributed by atoms with Crippen molar-refractivity contribution < 1.29 is 24.5 Å². The van der Waals surface area contributed by atoms with Gasteiger partial charge in [0.25, 0.3) is 0 Å². The quantitative estimate of drug-likeness (QED) is 0.168. The Morgan fingerprint density at radius 1 is 1.20 bits per heavy atom. The second-order valence-corrected chi connectivity index (χ2v) is 8.75. The summed E-state index contributed by atoms with van der Waals surface area (Å²) in [5.74, 6) is 0.123. The molecule has 9 N–H and O–H groups in total. The Balaban J connectivity index is 1.40. The minimum absolute atomic E-state index is 0.121. The Morgan fingerprint density at radius 3 is 2.77 bits per heavy atom. The number of ether oxygens (including phenoxy) is 2. The Kier molecular flexibility index (Phi) is 10.6. The van der Waals surface area contributed by atoms with Gasteiger partial charge in [0, 0.05) is 13.2 Å². The van der Waals surface area contributed by atoms with E-state index >= 15 is 0 Å². The van der Waals surface area contributed by atoms with Crippen molar-refractivity contribution in [3.8, 4) is 0 Å². The van der Waals surface area contributed by atoms with E-state index < -0.39 is 30.6 Å². The van der Waals surface area contributed by atoms with E-state index in [-0.39, 0.29) is 18.3 Å². The molecule has 1 aliphatic heterocycles. The lowest BCUT2D eigenvalue weighted by Crippen LogP contribution is -2.40. The Labute approximate surface area is 204 Å². The molecule has 35 heavy (non-hydrogen) atoms. The molecule has 196 valence electrons. The number of carbonyl (C=O) groups is 1. The van der Waals surface area contributed by atoms with Crippen LogP contribution >= 0.6 is 0 Å². The summed E-state index contributed by atoms with van der Waals surface area (Å²) in [4.78, 5) is 24.4. The van der Waals surface area contributed by atoms with Crippen LogP contribution in [0.2, 0.25) is 0 Å². The standard InChI is InChI=1S/C22H38N8O5/c23-8-4-3-7-14(24)21(33)26-9-5-1-2-6-10-34-18-17(32)15(11-31)35-22(18)30-13-29-16-19(25)27-12-28-20(16)30/h12-15,17-18,22,31-32H,1-11,23-24H2,(H,26,33)(H2,25,27,28)/t14-,15+,17+,18+,22+/m0/s1. The summed E-state index contributed by atoms with van der Waals surface area (Å²) in [5.41, 5.74) is 18.1.